The number of halogens is 1. The van der Waals surface area contributed by atoms with Gasteiger partial charge in [0.05, 0.1) is 13.0 Å². The lowest BCUT2D eigenvalue weighted by Crippen LogP contribution is -2.40. The molecule has 0 radical (unpaired) electrons. The highest BCUT2D eigenvalue weighted by Gasteiger charge is 2.20. The number of piperidine rings is 1. The lowest BCUT2D eigenvalue weighted by Gasteiger charge is -2.34. The van der Waals surface area contributed by atoms with Crippen LogP contribution in [0.3, 0.4) is 0 Å². The van der Waals surface area contributed by atoms with Crippen molar-refractivity contribution in [3.8, 4) is 5.75 Å². The Morgan fingerprint density at radius 1 is 1.33 bits per heavy atom. The van der Waals surface area contributed by atoms with Gasteiger partial charge in [0.1, 0.15) is 5.75 Å². The largest absolute Gasteiger partial charge is 0.493 e. The third-order valence-electron chi connectivity index (χ3n) is 4.31. The maximum atomic E-state index is 11.8. The van der Waals surface area contributed by atoms with Crippen molar-refractivity contribution in [1.29, 1.82) is 0 Å². The number of rotatable bonds is 8. The molecule has 1 heterocycles. The molecule has 2 rings (SSSR count). The van der Waals surface area contributed by atoms with E-state index in [0.717, 1.165) is 31.3 Å². The number of ether oxygens (including phenoxy) is 1. The Hall–Kier alpha value is -1.26. The molecular weight excluding hydrogens is 324 g/mol. The summed E-state index contributed by atoms with van der Waals surface area (Å²) in [5.74, 6) is 2.31. The van der Waals surface area contributed by atoms with E-state index in [1.54, 1.807) is 12.1 Å². The number of carbonyl (C=O) groups excluding carboxylic acids is 1. The third-order valence-corrected chi connectivity index (χ3v) is 4.55. The smallest absolute Gasteiger partial charge is 0.223 e. The predicted octanol–water partition coefficient (Wildman–Crippen LogP) is 3.59. The van der Waals surface area contributed by atoms with E-state index >= 15 is 0 Å². The maximum Gasteiger partial charge on any atom is 0.223 e. The van der Waals surface area contributed by atoms with Gasteiger partial charge in [0.25, 0.3) is 0 Å². The summed E-state index contributed by atoms with van der Waals surface area (Å²) in [5, 5.41) is 3.61. The lowest BCUT2D eigenvalue weighted by atomic mass is 9.92. The molecule has 1 saturated heterocycles. The van der Waals surface area contributed by atoms with Crippen molar-refractivity contribution in [2.24, 2.45) is 11.8 Å². The van der Waals surface area contributed by atoms with Crippen molar-refractivity contribution in [1.82, 2.24) is 10.2 Å². The quantitative estimate of drug-likeness (QED) is 0.727. The highest BCUT2D eigenvalue weighted by atomic mass is 35.5. The SMILES string of the molecule is CC1CC(C)CN(CCCNC(=O)CCOc2cccc(Cl)c2)C1. The zero-order chi connectivity index (χ0) is 17.4. The minimum Gasteiger partial charge on any atom is -0.493 e. The van der Waals surface area contributed by atoms with Crippen LogP contribution >= 0.6 is 11.6 Å². The van der Waals surface area contributed by atoms with Crippen molar-refractivity contribution >= 4 is 17.5 Å². The molecule has 1 aliphatic rings. The molecule has 0 aromatic heterocycles. The van der Waals surface area contributed by atoms with Crippen molar-refractivity contribution in [2.75, 3.05) is 32.8 Å². The molecule has 4 nitrogen and oxygen atoms in total. The Bertz CT molecular complexity index is 514. The average Bonchev–Trinajstić information content (AvgIpc) is 2.51. The summed E-state index contributed by atoms with van der Waals surface area (Å²) in [6.07, 6.45) is 2.70. The molecule has 134 valence electrons. The van der Waals surface area contributed by atoms with Gasteiger partial charge in [-0.1, -0.05) is 31.5 Å². The van der Waals surface area contributed by atoms with E-state index < -0.39 is 0 Å². The van der Waals surface area contributed by atoms with Crippen LogP contribution in [0.4, 0.5) is 0 Å². The second-order valence-corrected chi connectivity index (χ2v) is 7.40. The first kappa shape index (κ1) is 19.1. The monoisotopic (exact) mass is 352 g/mol. The maximum absolute atomic E-state index is 11.8. The van der Waals surface area contributed by atoms with Crippen molar-refractivity contribution in [3.63, 3.8) is 0 Å². The van der Waals surface area contributed by atoms with Gasteiger partial charge in [-0.3, -0.25) is 4.79 Å². The summed E-state index contributed by atoms with van der Waals surface area (Å²) in [5.41, 5.74) is 0. The zero-order valence-electron chi connectivity index (χ0n) is 14.8. The van der Waals surface area contributed by atoms with Crippen LogP contribution in [0.5, 0.6) is 5.75 Å². The summed E-state index contributed by atoms with van der Waals surface area (Å²) in [7, 11) is 0. The van der Waals surface area contributed by atoms with Gasteiger partial charge in [-0.25, -0.2) is 0 Å². The highest BCUT2D eigenvalue weighted by molar-refractivity contribution is 6.30. The Balaban J connectivity index is 1.53. The normalized spacial score (nSPS) is 21.5. The van der Waals surface area contributed by atoms with Crippen LogP contribution in [-0.2, 0) is 4.79 Å². The number of likely N-dealkylation sites (tertiary alicyclic amines) is 1. The highest BCUT2D eigenvalue weighted by Crippen LogP contribution is 2.20. The summed E-state index contributed by atoms with van der Waals surface area (Å²) >= 11 is 5.89. The van der Waals surface area contributed by atoms with Gasteiger partial charge in [0.2, 0.25) is 5.91 Å². The Labute approximate surface area is 150 Å². The number of hydrogen-bond acceptors (Lipinski definition) is 3. The second-order valence-electron chi connectivity index (χ2n) is 6.96. The molecule has 0 spiro atoms. The first-order valence-corrected chi connectivity index (χ1v) is 9.28. The number of benzene rings is 1. The number of carbonyl (C=O) groups is 1. The average molecular weight is 353 g/mol. The Morgan fingerprint density at radius 2 is 2.08 bits per heavy atom. The zero-order valence-corrected chi connectivity index (χ0v) is 15.5. The first-order chi connectivity index (χ1) is 11.5. The van der Waals surface area contributed by atoms with E-state index in [-0.39, 0.29) is 5.91 Å². The number of hydrogen-bond donors (Lipinski definition) is 1. The van der Waals surface area contributed by atoms with Crippen LogP contribution in [0.25, 0.3) is 0 Å². The summed E-state index contributed by atoms with van der Waals surface area (Å²) in [6, 6.07) is 7.22. The summed E-state index contributed by atoms with van der Waals surface area (Å²) in [4.78, 5) is 14.3. The van der Waals surface area contributed by atoms with Crippen LogP contribution in [0.15, 0.2) is 24.3 Å². The molecule has 0 aliphatic carbocycles. The van der Waals surface area contributed by atoms with Crippen LogP contribution in [0.1, 0.15) is 33.1 Å². The van der Waals surface area contributed by atoms with Crippen LogP contribution in [0.2, 0.25) is 5.02 Å². The van der Waals surface area contributed by atoms with Gasteiger partial charge >= 0.3 is 0 Å². The molecule has 2 unspecified atom stereocenters. The molecular formula is C19H29ClN2O2. The van der Waals surface area contributed by atoms with Crippen LogP contribution in [-0.4, -0.2) is 43.6 Å². The lowest BCUT2D eigenvalue weighted by molar-refractivity contribution is -0.121. The van der Waals surface area contributed by atoms with Crippen molar-refractivity contribution in [3.05, 3.63) is 29.3 Å². The van der Waals surface area contributed by atoms with E-state index in [4.69, 9.17) is 16.3 Å². The molecule has 2 atom stereocenters. The topological polar surface area (TPSA) is 41.6 Å². The fraction of sp³-hybridized carbons (Fsp3) is 0.632. The molecule has 1 aromatic carbocycles. The van der Waals surface area contributed by atoms with Gasteiger partial charge in [-0.2, -0.15) is 0 Å². The Kier molecular flexibility index (Phi) is 7.86. The third kappa shape index (κ3) is 7.10. The molecule has 0 saturated carbocycles. The van der Waals surface area contributed by atoms with E-state index in [2.05, 4.69) is 24.1 Å². The van der Waals surface area contributed by atoms with Crippen LogP contribution < -0.4 is 10.1 Å². The predicted molar refractivity (Wildman–Crippen MR) is 98.6 cm³/mol. The first-order valence-electron chi connectivity index (χ1n) is 8.90. The van der Waals surface area contributed by atoms with Gasteiger partial charge in [0, 0.05) is 24.7 Å². The molecule has 1 fully saturated rings. The van der Waals surface area contributed by atoms with Gasteiger partial charge in [-0.05, 0) is 49.4 Å². The minimum atomic E-state index is 0.0393. The minimum absolute atomic E-state index is 0.0393. The number of amides is 1. The van der Waals surface area contributed by atoms with Crippen molar-refractivity contribution in [2.45, 2.75) is 33.1 Å². The molecule has 1 aliphatic heterocycles. The second kappa shape index (κ2) is 9.90. The van der Waals surface area contributed by atoms with Gasteiger partial charge in [-0.15, -0.1) is 0 Å². The number of nitrogens with one attached hydrogen (secondary N) is 1. The standard InChI is InChI=1S/C19H29ClN2O2/c1-15-11-16(2)14-22(13-15)9-4-8-21-19(23)7-10-24-18-6-3-5-17(20)12-18/h3,5-6,12,15-16H,4,7-11,13-14H2,1-2H3,(H,21,23). The summed E-state index contributed by atoms with van der Waals surface area (Å²) in [6.45, 7) is 9.18. The fourth-order valence-corrected chi connectivity index (χ4v) is 3.59. The van der Waals surface area contributed by atoms with Gasteiger partial charge < -0.3 is 15.0 Å². The fourth-order valence-electron chi connectivity index (χ4n) is 3.41. The van der Waals surface area contributed by atoms with E-state index in [0.29, 0.717) is 23.8 Å². The van der Waals surface area contributed by atoms with Gasteiger partial charge in [0.15, 0.2) is 0 Å². The Morgan fingerprint density at radius 3 is 2.79 bits per heavy atom. The molecule has 0 bridgehead atoms. The molecule has 1 N–H and O–H groups in total. The number of nitrogens with zero attached hydrogens (tertiary/aromatic N) is 1. The molecule has 1 aromatic rings. The van der Waals surface area contributed by atoms with E-state index in [1.807, 2.05) is 12.1 Å². The van der Waals surface area contributed by atoms with Crippen molar-refractivity contribution < 1.29 is 9.53 Å². The molecule has 5 heteroatoms. The molecule has 24 heavy (non-hydrogen) atoms. The molecule has 1 amide bonds. The van der Waals surface area contributed by atoms with E-state index in [1.165, 1.54) is 19.5 Å². The van der Waals surface area contributed by atoms with E-state index in [9.17, 15) is 4.79 Å². The summed E-state index contributed by atoms with van der Waals surface area (Å²) < 4.78 is 5.53. The van der Waals surface area contributed by atoms with Crippen LogP contribution in [0, 0.1) is 11.8 Å².